The van der Waals surface area contributed by atoms with Crippen molar-refractivity contribution in [3.63, 3.8) is 0 Å². The zero-order valence-electron chi connectivity index (χ0n) is 16.8. The van der Waals surface area contributed by atoms with Crippen molar-refractivity contribution in [1.29, 1.82) is 0 Å². The van der Waals surface area contributed by atoms with Gasteiger partial charge in [-0.25, -0.2) is 14.5 Å². The van der Waals surface area contributed by atoms with Gasteiger partial charge in [-0.15, -0.1) is 0 Å². The highest BCUT2D eigenvalue weighted by atomic mass is 35.5. The summed E-state index contributed by atoms with van der Waals surface area (Å²) in [6, 6.07) is 11.4. The van der Waals surface area contributed by atoms with E-state index in [2.05, 4.69) is 10.5 Å². The molecule has 0 saturated carbocycles. The van der Waals surface area contributed by atoms with Crippen LogP contribution in [0.25, 0.3) is 16.9 Å². The third-order valence-electron chi connectivity index (χ3n) is 5.19. The molecule has 0 radical (unpaired) electrons. The standard InChI is InChI=1S/C22H19Cl3N4O3/c23-14-6-4-13(5-7-14)20-18(22(31)32)19(21(30)27-28-10-2-1-3-11-28)26-29(20)17-9-8-15(24)12-16(17)25/h4-9,12H,1-3,10-11H2,(H,27,30)(H,31,32). The Kier molecular flexibility index (Phi) is 6.71. The number of hydrogen-bond acceptors (Lipinski definition) is 4. The van der Waals surface area contributed by atoms with Crippen molar-refractivity contribution < 1.29 is 14.7 Å². The Bertz CT molecular complexity index is 1170. The van der Waals surface area contributed by atoms with E-state index in [0.29, 0.717) is 34.4 Å². The Morgan fingerprint density at radius 2 is 1.59 bits per heavy atom. The molecule has 0 aliphatic carbocycles. The van der Waals surface area contributed by atoms with Crippen LogP contribution in [0, 0.1) is 0 Å². The Labute approximate surface area is 199 Å². The molecule has 1 aliphatic rings. The summed E-state index contributed by atoms with van der Waals surface area (Å²) in [7, 11) is 0. The quantitative estimate of drug-likeness (QED) is 0.502. The van der Waals surface area contributed by atoms with E-state index in [1.54, 1.807) is 41.4 Å². The van der Waals surface area contributed by atoms with Crippen LogP contribution < -0.4 is 5.43 Å². The summed E-state index contributed by atoms with van der Waals surface area (Å²) >= 11 is 18.5. The molecule has 2 N–H and O–H groups in total. The number of piperidine rings is 1. The number of carboxylic acids is 1. The summed E-state index contributed by atoms with van der Waals surface area (Å²) in [4.78, 5) is 25.4. The van der Waals surface area contributed by atoms with Crippen LogP contribution in [0.15, 0.2) is 42.5 Å². The summed E-state index contributed by atoms with van der Waals surface area (Å²) < 4.78 is 1.36. The molecule has 1 fully saturated rings. The van der Waals surface area contributed by atoms with Crippen molar-refractivity contribution >= 4 is 46.7 Å². The van der Waals surface area contributed by atoms with Crippen molar-refractivity contribution in [2.24, 2.45) is 0 Å². The SMILES string of the molecule is O=C(NN1CCCCC1)c1nn(-c2ccc(Cl)cc2Cl)c(-c2ccc(Cl)cc2)c1C(=O)O. The summed E-state index contributed by atoms with van der Waals surface area (Å²) in [6.45, 7) is 1.39. The molecule has 32 heavy (non-hydrogen) atoms. The van der Waals surface area contributed by atoms with E-state index in [-0.39, 0.29) is 22.0 Å². The number of carboxylic acid groups (broad SMARTS) is 1. The predicted octanol–water partition coefficient (Wildman–Crippen LogP) is 5.33. The molecular weight excluding hydrogens is 475 g/mol. The molecule has 10 heteroatoms. The highest BCUT2D eigenvalue weighted by Gasteiger charge is 2.31. The van der Waals surface area contributed by atoms with Crippen LogP contribution >= 0.6 is 34.8 Å². The van der Waals surface area contributed by atoms with Gasteiger partial charge in [-0.05, 0) is 43.2 Å². The first-order chi connectivity index (χ1) is 15.3. The number of hydrazine groups is 1. The summed E-state index contributed by atoms with van der Waals surface area (Å²) in [6.07, 6.45) is 3.00. The van der Waals surface area contributed by atoms with Gasteiger partial charge in [0, 0.05) is 28.7 Å². The summed E-state index contributed by atoms with van der Waals surface area (Å²) in [5.74, 6) is -1.88. The van der Waals surface area contributed by atoms with Gasteiger partial charge in [0.25, 0.3) is 5.91 Å². The van der Waals surface area contributed by atoms with E-state index < -0.39 is 11.9 Å². The maximum Gasteiger partial charge on any atom is 0.340 e. The number of aromatic nitrogens is 2. The van der Waals surface area contributed by atoms with Gasteiger partial charge in [-0.2, -0.15) is 5.10 Å². The highest BCUT2D eigenvalue weighted by molar-refractivity contribution is 6.35. The number of carbonyl (C=O) groups excluding carboxylic acids is 1. The van der Waals surface area contributed by atoms with Crippen molar-refractivity contribution in [3.8, 4) is 16.9 Å². The molecule has 166 valence electrons. The zero-order valence-corrected chi connectivity index (χ0v) is 19.1. The molecule has 2 heterocycles. The maximum atomic E-state index is 13.1. The van der Waals surface area contributed by atoms with Crippen LogP contribution in [-0.4, -0.2) is 44.9 Å². The lowest BCUT2D eigenvalue weighted by molar-refractivity contribution is 0.0675. The number of hydrogen-bond donors (Lipinski definition) is 2. The largest absolute Gasteiger partial charge is 0.478 e. The van der Waals surface area contributed by atoms with E-state index in [0.717, 1.165) is 19.3 Å². The second-order valence-electron chi connectivity index (χ2n) is 7.38. The molecule has 2 aromatic carbocycles. The van der Waals surface area contributed by atoms with E-state index in [4.69, 9.17) is 34.8 Å². The number of nitrogens with zero attached hydrogens (tertiary/aromatic N) is 3. The molecule has 1 aromatic heterocycles. The number of halogens is 3. The van der Waals surface area contributed by atoms with Crippen molar-refractivity contribution in [2.45, 2.75) is 19.3 Å². The van der Waals surface area contributed by atoms with Crippen molar-refractivity contribution in [2.75, 3.05) is 13.1 Å². The van der Waals surface area contributed by atoms with E-state index in [1.807, 2.05) is 0 Å². The monoisotopic (exact) mass is 492 g/mol. The lowest BCUT2D eigenvalue weighted by Crippen LogP contribution is -2.45. The lowest BCUT2D eigenvalue weighted by Gasteiger charge is -2.26. The number of benzene rings is 2. The Hall–Kier alpha value is -2.58. The topological polar surface area (TPSA) is 87.5 Å². The maximum absolute atomic E-state index is 13.1. The van der Waals surface area contributed by atoms with Gasteiger partial charge in [0.05, 0.1) is 16.4 Å². The molecule has 3 aromatic rings. The fourth-order valence-electron chi connectivity index (χ4n) is 3.68. The molecule has 7 nitrogen and oxygen atoms in total. The number of rotatable bonds is 5. The third-order valence-corrected chi connectivity index (χ3v) is 5.98. The second-order valence-corrected chi connectivity index (χ2v) is 8.66. The van der Waals surface area contributed by atoms with Gasteiger partial charge in [-0.1, -0.05) is 53.4 Å². The van der Waals surface area contributed by atoms with Gasteiger partial charge in [0.1, 0.15) is 5.56 Å². The summed E-state index contributed by atoms with van der Waals surface area (Å²) in [5, 5.41) is 17.4. The molecule has 0 unspecified atom stereocenters. The number of amides is 1. The fraction of sp³-hybridized carbons (Fsp3) is 0.227. The lowest BCUT2D eigenvalue weighted by atomic mass is 10.0. The van der Waals surface area contributed by atoms with Crippen LogP contribution in [0.2, 0.25) is 15.1 Å². The molecule has 4 rings (SSSR count). The molecule has 1 amide bonds. The highest BCUT2D eigenvalue weighted by Crippen LogP contribution is 2.33. The van der Waals surface area contributed by atoms with E-state index in [1.165, 1.54) is 10.7 Å². The average molecular weight is 494 g/mol. The van der Waals surface area contributed by atoms with Gasteiger partial charge in [-0.3, -0.25) is 10.2 Å². The van der Waals surface area contributed by atoms with Gasteiger partial charge in [0.2, 0.25) is 0 Å². The Morgan fingerprint density at radius 3 is 2.22 bits per heavy atom. The number of carbonyl (C=O) groups is 2. The second kappa shape index (κ2) is 9.50. The number of aromatic carboxylic acids is 1. The van der Waals surface area contributed by atoms with E-state index in [9.17, 15) is 14.7 Å². The molecule has 1 aliphatic heterocycles. The van der Waals surface area contributed by atoms with Crippen LogP contribution in [0.4, 0.5) is 0 Å². The van der Waals surface area contributed by atoms with Crippen LogP contribution in [0.3, 0.4) is 0 Å². The molecule has 0 atom stereocenters. The minimum absolute atomic E-state index is 0.209. The molecule has 0 bridgehead atoms. The van der Waals surface area contributed by atoms with Crippen molar-refractivity contribution in [3.05, 3.63) is 68.8 Å². The minimum Gasteiger partial charge on any atom is -0.478 e. The normalized spacial score (nSPS) is 14.3. The van der Waals surface area contributed by atoms with Crippen LogP contribution in [0.1, 0.15) is 40.1 Å². The molecule has 1 saturated heterocycles. The first-order valence-electron chi connectivity index (χ1n) is 9.99. The summed E-state index contributed by atoms with van der Waals surface area (Å²) in [5.41, 5.74) is 3.46. The third kappa shape index (κ3) is 4.61. The van der Waals surface area contributed by atoms with Gasteiger partial charge >= 0.3 is 5.97 Å². The molecular formula is C22H19Cl3N4O3. The molecule has 0 spiro atoms. The van der Waals surface area contributed by atoms with Crippen LogP contribution in [-0.2, 0) is 0 Å². The van der Waals surface area contributed by atoms with Gasteiger partial charge < -0.3 is 5.11 Å². The zero-order chi connectivity index (χ0) is 22.8. The van der Waals surface area contributed by atoms with Crippen LogP contribution in [0.5, 0.6) is 0 Å². The first-order valence-corrected chi connectivity index (χ1v) is 11.1. The Morgan fingerprint density at radius 1 is 0.938 bits per heavy atom. The fourth-order valence-corrected chi connectivity index (χ4v) is 4.30. The van der Waals surface area contributed by atoms with Crippen molar-refractivity contribution in [1.82, 2.24) is 20.2 Å². The average Bonchev–Trinajstić information content (AvgIpc) is 3.16. The minimum atomic E-state index is -1.28. The number of nitrogens with one attached hydrogen (secondary N) is 1. The smallest absolute Gasteiger partial charge is 0.340 e. The Balaban J connectivity index is 1.89. The predicted molar refractivity (Wildman–Crippen MR) is 124 cm³/mol. The first kappa shape index (κ1) is 22.6. The van der Waals surface area contributed by atoms with Gasteiger partial charge in [0.15, 0.2) is 5.69 Å². The van der Waals surface area contributed by atoms with E-state index >= 15 is 0 Å².